The van der Waals surface area contributed by atoms with Gasteiger partial charge >= 0.3 is 0 Å². The predicted octanol–water partition coefficient (Wildman–Crippen LogP) is 6.03. The van der Waals surface area contributed by atoms with Crippen molar-refractivity contribution in [1.82, 2.24) is 0 Å². The second kappa shape index (κ2) is 12.3. The second-order valence-corrected chi connectivity index (χ2v) is 8.81. The van der Waals surface area contributed by atoms with Gasteiger partial charge in [0.1, 0.15) is 0 Å². The first-order valence-corrected chi connectivity index (χ1v) is 11.3. The fourth-order valence-corrected chi connectivity index (χ4v) is 4.05. The molecule has 2 aromatic rings. The van der Waals surface area contributed by atoms with Gasteiger partial charge in [0.15, 0.2) is 34.6 Å². The van der Waals surface area contributed by atoms with Crippen molar-refractivity contribution in [3.05, 3.63) is 59.2 Å². The van der Waals surface area contributed by atoms with Gasteiger partial charge < -0.3 is 18.9 Å². The van der Waals surface area contributed by atoms with Gasteiger partial charge in [-0.05, 0) is 62.1 Å². The van der Waals surface area contributed by atoms with Crippen LogP contribution in [0.1, 0.15) is 54.8 Å². The standard InChI is InChI=1S/C28H36O6/c1-17(2)13-22(28(30)20-10-12-25(32-6)27(15-20)34-8)21(18(3)4)16-23(29)19-9-11-24(31-5)26(14-19)33-7/h9-15,18,21-22H,16H2,1-8H3/t21-,22+/m0/s1. The first-order chi connectivity index (χ1) is 16.2. The Balaban J connectivity index is 2.43. The van der Waals surface area contributed by atoms with Crippen molar-refractivity contribution in [1.29, 1.82) is 0 Å². The third kappa shape index (κ3) is 6.40. The molecule has 6 heteroatoms. The van der Waals surface area contributed by atoms with Crippen LogP contribution < -0.4 is 18.9 Å². The van der Waals surface area contributed by atoms with Crippen LogP contribution in [-0.4, -0.2) is 40.0 Å². The van der Waals surface area contributed by atoms with E-state index in [-0.39, 0.29) is 29.8 Å². The predicted molar refractivity (Wildman–Crippen MR) is 134 cm³/mol. The lowest BCUT2D eigenvalue weighted by Gasteiger charge is -2.28. The zero-order chi connectivity index (χ0) is 25.4. The van der Waals surface area contributed by atoms with Crippen LogP contribution in [0.5, 0.6) is 23.0 Å². The molecule has 0 aromatic heterocycles. The van der Waals surface area contributed by atoms with E-state index in [1.54, 1.807) is 57.7 Å². The normalized spacial score (nSPS) is 12.5. The highest BCUT2D eigenvalue weighted by atomic mass is 16.5. The smallest absolute Gasteiger partial charge is 0.170 e. The van der Waals surface area contributed by atoms with Crippen molar-refractivity contribution in [2.24, 2.45) is 17.8 Å². The number of carbonyl (C=O) groups is 2. The molecule has 0 unspecified atom stereocenters. The molecule has 2 aromatic carbocycles. The lowest BCUT2D eigenvalue weighted by Crippen LogP contribution is -2.29. The molecule has 0 amide bonds. The summed E-state index contributed by atoms with van der Waals surface area (Å²) >= 11 is 0. The number of ether oxygens (including phenoxy) is 4. The first kappa shape index (κ1) is 27.0. The highest BCUT2D eigenvalue weighted by Crippen LogP contribution is 2.35. The molecule has 0 spiro atoms. The van der Waals surface area contributed by atoms with Crippen molar-refractivity contribution >= 4 is 11.6 Å². The summed E-state index contributed by atoms with van der Waals surface area (Å²) in [5, 5.41) is 0. The number of hydrogen-bond donors (Lipinski definition) is 0. The van der Waals surface area contributed by atoms with E-state index in [0.717, 1.165) is 5.57 Å². The molecule has 6 nitrogen and oxygen atoms in total. The lowest BCUT2D eigenvalue weighted by atomic mass is 9.75. The Bertz CT molecular complexity index is 1030. The molecular weight excluding hydrogens is 432 g/mol. The van der Waals surface area contributed by atoms with E-state index in [4.69, 9.17) is 18.9 Å². The van der Waals surface area contributed by atoms with Crippen molar-refractivity contribution in [3.63, 3.8) is 0 Å². The summed E-state index contributed by atoms with van der Waals surface area (Å²) < 4.78 is 21.3. The van der Waals surface area contributed by atoms with Gasteiger partial charge in [0.25, 0.3) is 0 Å². The van der Waals surface area contributed by atoms with E-state index in [1.165, 1.54) is 7.11 Å². The maximum absolute atomic E-state index is 13.7. The van der Waals surface area contributed by atoms with E-state index in [0.29, 0.717) is 34.1 Å². The van der Waals surface area contributed by atoms with Crippen LogP contribution >= 0.6 is 0 Å². The van der Waals surface area contributed by atoms with Gasteiger partial charge in [0.2, 0.25) is 0 Å². The van der Waals surface area contributed by atoms with Crippen molar-refractivity contribution in [3.8, 4) is 23.0 Å². The molecule has 0 heterocycles. The molecule has 0 fully saturated rings. The largest absolute Gasteiger partial charge is 0.493 e. The second-order valence-electron chi connectivity index (χ2n) is 8.81. The molecule has 0 bridgehead atoms. The van der Waals surface area contributed by atoms with Gasteiger partial charge in [-0.1, -0.05) is 25.5 Å². The average Bonchev–Trinajstić information content (AvgIpc) is 2.84. The van der Waals surface area contributed by atoms with Crippen LogP contribution in [0.25, 0.3) is 0 Å². The topological polar surface area (TPSA) is 71.1 Å². The minimum Gasteiger partial charge on any atom is -0.493 e. The zero-order valence-electron chi connectivity index (χ0n) is 21.4. The summed E-state index contributed by atoms with van der Waals surface area (Å²) in [5.74, 6) is 1.43. The minimum atomic E-state index is -0.466. The van der Waals surface area contributed by atoms with Crippen LogP contribution in [0, 0.1) is 17.8 Å². The maximum Gasteiger partial charge on any atom is 0.170 e. The van der Waals surface area contributed by atoms with Crippen molar-refractivity contribution in [2.45, 2.75) is 34.1 Å². The SMILES string of the molecule is COc1ccc(C(=O)C[C@@H](C(C)C)[C@@H](C=C(C)C)C(=O)c2ccc(OC)c(OC)c2)cc1OC. The number of carbonyl (C=O) groups excluding carboxylic acids is 2. The van der Waals surface area contributed by atoms with E-state index >= 15 is 0 Å². The molecule has 0 saturated carbocycles. The Kier molecular flexibility index (Phi) is 9.72. The molecule has 0 aliphatic rings. The van der Waals surface area contributed by atoms with Gasteiger partial charge in [0, 0.05) is 23.5 Å². The third-order valence-electron chi connectivity index (χ3n) is 5.93. The molecule has 0 radical (unpaired) electrons. The Morgan fingerprint density at radius 2 is 1.24 bits per heavy atom. The summed E-state index contributed by atoms with van der Waals surface area (Å²) in [6, 6.07) is 10.3. The van der Waals surface area contributed by atoms with E-state index in [1.807, 2.05) is 33.8 Å². The Hall–Kier alpha value is -3.28. The van der Waals surface area contributed by atoms with Crippen LogP contribution in [-0.2, 0) is 0 Å². The maximum atomic E-state index is 13.7. The fraction of sp³-hybridized carbons (Fsp3) is 0.429. The molecule has 2 rings (SSSR count). The summed E-state index contributed by atoms with van der Waals surface area (Å²) in [6.07, 6.45) is 2.19. The number of hydrogen-bond acceptors (Lipinski definition) is 6. The molecule has 0 N–H and O–H groups in total. The van der Waals surface area contributed by atoms with Gasteiger partial charge in [-0.3, -0.25) is 9.59 Å². The van der Waals surface area contributed by atoms with Crippen LogP contribution in [0.4, 0.5) is 0 Å². The molecule has 0 aliphatic heterocycles. The first-order valence-electron chi connectivity index (χ1n) is 11.3. The minimum absolute atomic E-state index is 0.0491. The fourth-order valence-electron chi connectivity index (χ4n) is 4.05. The molecule has 184 valence electrons. The molecule has 34 heavy (non-hydrogen) atoms. The number of methoxy groups -OCH3 is 4. The Morgan fingerprint density at radius 1 is 0.765 bits per heavy atom. The van der Waals surface area contributed by atoms with Gasteiger partial charge in [-0.2, -0.15) is 0 Å². The van der Waals surface area contributed by atoms with Gasteiger partial charge in [-0.25, -0.2) is 0 Å². The Labute approximate surface area is 202 Å². The quantitative estimate of drug-likeness (QED) is 0.280. The number of Topliss-reactive ketones (excluding diaryl/α,β-unsaturated/α-hetero) is 2. The molecular formula is C28H36O6. The number of rotatable bonds is 12. The summed E-state index contributed by atoms with van der Waals surface area (Å²) in [6.45, 7) is 8.01. The average molecular weight is 469 g/mol. The van der Waals surface area contributed by atoms with E-state index in [9.17, 15) is 9.59 Å². The van der Waals surface area contributed by atoms with Crippen LogP contribution in [0.15, 0.2) is 48.0 Å². The molecule has 2 atom stereocenters. The monoisotopic (exact) mass is 468 g/mol. The zero-order valence-corrected chi connectivity index (χ0v) is 21.4. The third-order valence-corrected chi connectivity index (χ3v) is 5.93. The summed E-state index contributed by atoms with van der Waals surface area (Å²) in [5.41, 5.74) is 2.06. The number of benzene rings is 2. The van der Waals surface area contributed by atoms with Gasteiger partial charge in [0.05, 0.1) is 28.4 Å². The Morgan fingerprint density at radius 3 is 1.68 bits per heavy atom. The van der Waals surface area contributed by atoms with E-state index < -0.39 is 5.92 Å². The molecule has 0 saturated heterocycles. The highest BCUT2D eigenvalue weighted by molar-refractivity contribution is 6.01. The van der Waals surface area contributed by atoms with E-state index in [2.05, 4.69) is 0 Å². The van der Waals surface area contributed by atoms with Crippen molar-refractivity contribution < 1.29 is 28.5 Å². The lowest BCUT2D eigenvalue weighted by molar-refractivity contribution is 0.0839. The summed E-state index contributed by atoms with van der Waals surface area (Å²) in [4.78, 5) is 27.0. The van der Waals surface area contributed by atoms with Crippen LogP contribution in [0.2, 0.25) is 0 Å². The van der Waals surface area contributed by atoms with Crippen molar-refractivity contribution in [2.75, 3.05) is 28.4 Å². The highest BCUT2D eigenvalue weighted by Gasteiger charge is 2.32. The number of ketones is 2. The van der Waals surface area contributed by atoms with Crippen LogP contribution in [0.3, 0.4) is 0 Å². The molecule has 0 aliphatic carbocycles. The summed E-state index contributed by atoms with van der Waals surface area (Å²) in [7, 11) is 6.19. The number of allylic oxidation sites excluding steroid dienone is 2. The van der Waals surface area contributed by atoms with Gasteiger partial charge in [-0.15, -0.1) is 0 Å².